The Morgan fingerprint density at radius 2 is 2.11 bits per heavy atom. The quantitative estimate of drug-likeness (QED) is 0.917. The summed E-state index contributed by atoms with van der Waals surface area (Å²) in [6.07, 6.45) is 0.770. The average molecular weight is 267 g/mol. The molecule has 0 saturated carbocycles. The zero-order valence-electron chi connectivity index (χ0n) is 11.0. The molecule has 2 rings (SSSR count). The highest BCUT2D eigenvalue weighted by molar-refractivity contribution is 7.09. The molecule has 0 aliphatic carbocycles. The van der Waals surface area contributed by atoms with Crippen molar-refractivity contribution in [2.75, 3.05) is 0 Å². The summed E-state index contributed by atoms with van der Waals surface area (Å²) in [5.41, 5.74) is 6.63. The van der Waals surface area contributed by atoms with Crippen molar-refractivity contribution in [1.82, 2.24) is 19.7 Å². The van der Waals surface area contributed by atoms with Crippen molar-refractivity contribution in [3.8, 4) is 10.8 Å². The normalized spacial score (nSPS) is 13.8. The highest BCUT2D eigenvalue weighted by atomic mass is 32.1. The van der Waals surface area contributed by atoms with Gasteiger partial charge in [0.25, 0.3) is 5.89 Å². The molecule has 6 nitrogen and oxygen atoms in total. The first kappa shape index (κ1) is 13.1. The van der Waals surface area contributed by atoms with Crippen LogP contribution in [0.15, 0.2) is 4.52 Å². The van der Waals surface area contributed by atoms with E-state index >= 15 is 0 Å². The maximum atomic E-state index is 5.87. The smallest absolute Gasteiger partial charge is 0.271 e. The first-order valence-corrected chi connectivity index (χ1v) is 6.63. The van der Waals surface area contributed by atoms with Crippen LogP contribution in [-0.4, -0.2) is 19.7 Å². The Bertz CT molecular complexity index is 528. The average Bonchev–Trinajstić information content (AvgIpc) is 2.94. The van der Waals surface area contributed by atoms with Crippen LogP contribution < -0.4 is 5.73 Å². The Labute approximate surface area is 110 Å². The minimum Gasteiger partial charge on any atom is -0.333 e. The van der Waals surface area contributed by atoms with E-state index in [0.29, 0.717) is 11.7 Å². The van der Waals surface area contributed by atoms with Crippen molar-refractivity contribution in [1.29, 1.82) is 0 Å². The number of nitrogens with zero attached hydrogens (tertiary/aromatic N) is 4. The maximum Gasteiger partial charge on any atom is 0.271 e. The minimum atomic E-state index is -0.193. The number of nitrogens with two attached hydrogens (primary N) is 1. The predicted octanol–water partition coefficient (Wildman–Crippen LogP) is 2.30. The van der Waals surface area contributed by atoms with Gasteiger partial charge in [0.05, 0.1) is 11.7 Å². The third-order valence-corrected chi connectivity index (χ3v) is 3.32. The fraction of sp³-hybridized carbons (Fsp3) is 0.636. The lowest BCUT2D eigenvalue weighted by molar-refractivity contribution is 0.414. The minimum absolute atomic E-state index is 0.107. The molecule has 2 heterocycles. The monoisotopic (exact) mass is 267 g/mol. The predicted molar refractivity (Wildman–Crippen MR) is 69.1 cm³/mol. The summed E-state index contributed by atoms with van der Waals surface area (Å²) in [5.74, 6) is 0.981. The zero-order chi connectivity index (χ0) is 13.3. The molecule has 1 atom stereocenters. The van der Waals surface area contributed by atoms with Crippen LogP contribution >= 0.6 is 11.5 Å². The largest absolute Gasteiger partial charge is 0.333 e. The van der Waals surface area contributed by atoms with Crippen LogP contribution in [0.1, 0.15) is 51.7 Å². The van der Waals surface area contributed by atoms with E-state index in [4.69, 9.17) is 10.3 Å². The number of rotatable bonds is 3. The number of hydrogen-bond acceptors (Lipinski definition) is 7. The zero-order valence-corrected chi connectivity index (χ0v) is 11.8. The van der Waals surface area contributed by atoms with Gasteiger partial charge in [0.15, 0.2) is 5.82 Å². The van der Waals surface area contributed by atoms with Crippen molar-refractivity contribution in [2.45, 2.75) is 45.6 Å². The molecule has 0 bridgehead atoms. The molecular formula is C11H17N5OS. The van der Waals surface area contributed by atoms with Gasteiger partial charge in [-0.1, -0.05) is 37.3 Å². The molecule has 0 radical (unpaired) electrons. The first-order valence-electron chi connectivity index (χ1n) is 5.86. The molecule has 7 heteroatoms. The SMILES string of the molecule is CCC(N)c1noc(-c2snnc2C(C)(C)C)n1. The van der Waals surface area contributed by atoms with Crippen molar-refractivity contribution >= 4 is 11.5 Å². The van der Waals surface area contributed by atoms with Crippen molar-refractivity contribution in [3.05, 3.63) is 11.5 Å². The molecule has 1 unspecified atom stereocenters. The lowest BCUT2D eigenvalue weighted by Gasteiger charge is -2.14. The van der Waals surface area contributed by atoms with E-state index in [9.17, 15) is 0 Å². The molecule has 0 amide bonds. The lowest BCUT2D eigenvalue weighted by atomic mass is 9.91. The second kappa shape index (κ2) is 4.74. The summed E-state index contributed by atoms with van der Waals surface area (Å²) >= 11 is 1.26. The van der Waals surface area contributed by atoms with E-state index < -0.39 is 0 Å². The van der Waals surface area contributed by atoms with E-state index in [1.807, 2.05) is 6.92 Å². The Morgan fingerprint density at radius 1 is 1.39 bits per heavy atom. The first-order chi connectivity index (χ1) is 8.43. The van der Waals surface area contributed by atoms with Gasteiger partial charge in [-0.2, -0.15) is 4.98 Å². The molecule has 0 aliphatic heterocycles. The molecule has 0 fully saturated rings. The molecule has 0 spiro atoms. The van der Waals surface area contributed by atoms with Gasteiger partial charge in [-0.15, -0.1) is 5.10 Å². The molecule has 2 aromatic rings. The molecular weight excluding hydrogens is 250 g/mol. The van der Waals surface area contributed by atoms with Crippen LogP contribution in [0.2, 0.25) is 0 Å². The van der Waals surface area contributed by atoms with Gasteiger partial charge in [-0.3, -0.25) is 0 Å². The van der Waals surface area contributed by atoms with Gasteiger partial charge in [-0.05, 0) is 18.0 Å². The third kappa shape index (κ3) is 2.41. The van der Waals surface area contributed by atoms with Crippen molar-refractivity contribution < 1.29 is 4.52 Å². The van der Waals surface area contributed by atoms with E-state index in [1.54, 1.807) is 0 Å². The molecule has 0 saturated heterocycles. The molecule has 98 valence electrons. The van der Waals surface area contributed by atoms with Crippen LogP contribution in [0.5, 0.6) is 0 Å². The van der Waals surface area contributed by atoms with Crippen LogP contribution in [0.4, 0.5) is 0 Å². The van der Waals surface area contributed by atoms with Crippen LogP contribution in [0.3, 0.4) is 0 Å². The lowest BCUT2D eigenvalue weighted by Crippen LogP contribution is -2.13. The highest BCUT2D eigenvalue weighted by Crippen LogP contribution is 2.33. The summed E-state index contributed by atoms with van der Waals surface area (Å²) < 4.78 is 9.23. The van der Waals surface area contributed by atoms with E-state index in [-0.39, 0.29) is 11.5 Å². The fourth-order valence-corrected chi connectivity index (χ4v) is 2.28. The maximum absolute atomic E-state index is 5.87. The molecule has 0 aliphatic rings. The Balaban J connectivity index is 2.38. The van der Waals surface area contributed by atoms with Crippen LogP contribution in [0, 0.1) is 0 Å². The second-order valence-electron chi connectivity index (χ2n) is 5.17. The van der Waals surface area contributed by atoms with Crippen molar-refractivity contribution in [3.63, 3.8) is 0 Å². The van der Waals surface area contributed by atoms with E-state index in [1.165, 1.54) is 11.5 Å². The molecule has 0 aromatic carbocycles. The van der Waals surface area contributed by atoms with Crippen molar-refractivity contribution in [2.24, 2.45) is 5.73 Å². The van der Waals surface area contributed by atoms with Gasteiger partial charge in [0.2, 0.25) is 0 Å². The molecule has 2 N–H and O–H groups in total. The van der Waals surface area contributed by atoms with E-state index in [2.05, 4.69) is 40.5 Å². The van der Waals surface area contributed by atoms with Gasteiger partial charge < -0.3 is 10.3 Å². The summed E-state index contributed by atoms with van der Waals surface area (Å²) in [4.78, 5) is 5.15. The number of aromatic nitrogens is 4. The third-order valence-electron chi connectivity index (χ3n) is 2.61. The van der Waals surface area contributed by atoms with Gasteiger partial charge in [-0.25, -0.2) is 0 Å². The topological polar surface area (TPSA) is 90.7 Å². The Morgan fingerprint density at radius 3 is 2.72 bits per heavy atom. The van der Waals surface area contributed by atoms with Crippen LogP contribution in [-0.2, 0) is 5.41 Å². The van der Waals surface area contributed by atoms with Crippen LogP contribution in [0.25, 0.3) is 10.8 Å². The van der Waals surface area contributed by atoms with Gasteiger partial charge in [0.1, 0.15) is 4.88 Å². The van der Waals surface area contributed by atoms with E-state index in [0.717, 1.165) is 17.0 Å². The highest BCUT2D eigenvalue weighted by Gasteiger charge is 2.26. The van der Waals surface area contributed by atoms with Gasteiger partial charge in [0, 0.05) is 5.41 Å². The Kier molecular flexibility index (Phi) is 3.45. The Hall–Kier alpha value is -1.34. The fourth-order valence-electron chi connectivity index (χ4n) is 1.48. The summed E-state index contributed by atoms with van der Waals surface area (Å²) in [6.45, 7) is 8.20. The summed E-state index contributed by atoms with van der Waals surface area (Å²) in [7, 11) is 0. The summed E-state index contributed by atoms with van der Waals surface area (Å²) in [6, 6.07) is -0.193. The second-order valence-corrected chi connectivity index (χ2v) is 5.93. The standard InChI is InChI=1S/C11H17N5OS/c1-5-6(12)9-13-10(17-15-9)7-8(11(2,3)4)14-16-18-7/h6H,5,12H2,1-4H3. The molecule has 2 aromatic heterocycles. The number of hydrogen-bond donors (Lipinski definition) is 1. The molecule has 18 heavy (non-hydrogen) atoms. The van der Waals surface area contributed by atoms with Gasteiger partial charge >= 0.3 is 0 Å². The summed E-state index contributed by atoms with van der Waals surface area (Å²) in [5, 5.41) is 8.05.